The number of hydrogen-bond acceptors (Lipinski definition) is 6. The van der Waals surface area contributed by atoms with Gasteiger partial charge in [0.05, 0.1) is 0 Å². The molecule has 5 atom stereocenters. The summed E-state index contributed by atoms with van der Waals surface area (Å²) in [6.45, 7) is 7.01. The maximum atomic E-state index is 13.8. The summed E-state index contributed by atoms with van der Waals surface area (Å²) in [5.41, 5.74) is -1.37. The van der Waals surface area contributed by atoms with E-state index in [0.717, 1.165) is 30.9 Å². The average Bonchev–Trinajstić information content (AvgIpc) is 3.50. The number of aromatic amines is 1. The van der Waals surface area contributed by atoms with Crippen LogP contribution < -0.4 is 30.9 Å². The number of carbonyl (C=O) groups is 5. The first kappa shape index (κ1) is 34.6. The number of hydrogen-bond donors (Lipinski definition) is 6. The molecular weight excluding hydrogens is 613 g/mol. The van der Waals surface area contributed by atoms with Gasteiger partial charge in [-0.05, 0) is 0 Å². The summed E-state index contributed by atoms with van der Waals surface area (Å²) in [4.78, 5) is 66.8. The van der Waals surface area contributed by atoms with Crippen LogP contribution in [-0.2, 0) is 24.0 Å². The van der Waals surface area contributed by atoms with Gasteiger partial charge in [0.25, 0.3) is 0 Å². The predicted octanol–water partition coefficient (Wildman–Crippen LogP) is 0.556. The summed E-state index contributed by atoms with van der Waals surface area (Å²) in [5.74, 6) is -2.03. The van der Waals surface area contributed by atoms with Crippen molar-refractivity contribution in [3.05, 3.63) is 12.4 Å². The quantitative estimate of drug-likeness (QED) is 0.158. The Morgan fingerprint density at radius 3 is 2.37 bits per heavy atom. The summed E-state index contributed by atoms with van der Waals surface area (Å²) in [7, 11) is 0. The third-order valence-corrected chi connectivity index (χ3v) is 11.1. The van der Waals surface area contributed by atoms with Gasteiger partial charge < -0.3 is 0 Å². The molecule has 43 heavy (non-hydrogen) atoms. The van der Waals surface area contributed by atoms with E-state index in [9.17, 15) is 24.0 Å². The number of nitrogens with zero attached hydrogens (tertiary/aromatic N) is 1. The molecule has 1 aliphatic heterocycles. The molecule has 1 aromatic rings. The molecule has 240 valence electrons. The van der Waals surface area contributed by atoms with Crippen LogP contribution >= 0.6 is 0 Å². The molecule has 1 saturated heterocycles. The second-order valence-electron chi connectivity index (χ2n) is 12.4. The van der Waals surface area contributed by atoms with Crippen molar-refractivity contribution < 1.29 is 24.0 Å². The third-order valence-electron chi connectivity index (χ3n) is 8.44. The van der Waals surface area contributed by atoms with Crippen molar-refractivity contribution in [2.75, 3.05) is 6.54 Å². The molecule has 1 aliphatic carbocycles. The van der Waals surface area contributed by atoms with Gasteiger partial charge in [0.15, 0.2) is 0 Å². The van der Waals surface area contributed by atoms with Crippen LogP contribution in [0.15, 0.2) is 12.4 Å². The van der Waals surface area contributed by atoms with Crippen molar-refractivity contribution in [1.82, 2.24) is 36.8 Å². The number of aromatic nitrogens is 2. The molecule has 13 heteroatoms. The molecule has 12 nitrogen and oxygen atoms in total. The van der Waals surface area contributed by atoms with Gasteiger partial charge in [0.1, 0.15) is 0 Å². The Hall–Kier alpha value is -2.88. The van der Waals surface area contributed by atoms with E-state index in [-0.39, 0.29) is 30.7 Å². The molecule has 0 bridgehead atoms. The van der Waals surface area contributed by atoms with Crippen molar-refractivity contribution in [3.8, 4) is 0 Å². The maximum absolute atomic E-state index is 13.8. The van der Waals surface area contributed by atoms with Gasteiger partial charge in [-0.1, -0.05) is 32.1 Å². The molecule has 6 N–H and O–H groups in total. The molecule has 2 fully saturated rings. The topological polar surface area (TPSA) is 174 Å². The zero-order chi connectivity index (χ0) is 31.4. The first-order valence-corrected chi connectivity index (χ1v) is 18.3. The van der Waals surface area contributed by atoms with Gasteiger partial charge in [0.2, 0.25) is 0 Å². The zero-order valence-corrected chi connectivity index (χ0v) is 28.1. The fraction of sp³-hybridized carbons (Fsp3) is 0.733. The van der Waals surface area contributed by atoms with E-state index in [4.69, 9.17) is 0 Å². The van der Waals surface area contributed by atoms with Crippen LogP contribution in [0.3, 0.4) is 0 Å². The predicted molar refractivity (Wildman–Crippen MR) is 166 cm³/mol. The molecule has 0 aromatic carbocycles. The van der Waals surface area contributed by atoms with E-state index < -0.39 is 57.1 Å². The van der Waals surface area contributed by atoms with Crippen molar-refractivity contribution >= 4 is 49.6 Å². The van der Waals surface area contributed by atoms with Crippen molar-refractivity contribution in [2.24, 2.45) is 11.8 Å². The van der Waals surface area contributed by atoms with Crippen LogP contribution in [0.1, 0.15) is 91.9 Å². The Kier molecular flexibility index (Phi) is 13.5. The van der Waals surface area contributed by atoms with Crippen LogP contribution in [0.5, 0.6) is 0 Å². The van der Waals surface area contributed by atoms with E-state index in [2.05, 4.69) is 36.8 Å². The number of carbonyl (C=O) groups excluding carboxylic acids is 5. The second kappa shape index (κ2) is 16.8. The van der Waals surface area contributed by atoms with Gasteiger partial charge in [0, 0.05) is 0 Å². The molecule has 3 rings (SSSR count). The summed E-state index contributed by atoms with van der Waals surface area (Å²) < 4.78 is 1.18. The summed E-state index contributed by atoms with van der Waals surface area (Å²) in [5, 5.41) is 22.1. The summed E-state index contributed by atoms with van der Waals surface area (Å²) >= 11 is -0.449. The fourth-order valence-electron chi connectivity index (χ4n) is 5.57. The average molecular weight is 664 g/mol. The summed E-state index contributed by atoms with van der Waals surface area (Å²) in [6.07, 6.45) is 11.1. The van der Waals surface area contributed by atoms with Gasteiger partial charge >= 0.3 is 230 Å². The molecule has 1 unspecified atom stereocenters. The minimum absolute atomic E-state index is 0.113. The molecule has 1 saturated carbocycles. The van der Waals surface area contributed by atoms with Gasteiger partial charge in [-0.15, -0.1) is 0 Å². The SMILES string of the molecule is CC[C@@H]1NC(=O)[C@H](CCC[AsH]c2cn[nH]c2)NC(=O)[C@](C)(NC(=O)C(C)C)CCNC(=O)[C@@H](CC2CCCCC2)NC1=O. The van der Waals surface area contributed by atoms with Crippen molar-refractivity contribution in [2.45, 2.75) is 121 Å². The van der Waals surface area contributed by atoms with Crippen LogP contribution in [0.4, 0.5) is 0 Å². The Balaban J connectivity index is 1.84. The molecule has 2 heterocycles. The van der Waals surface area contributed by atoms with E-state index in [1.54, 1.807) is 27.7 Å². The van der Waals surface area contributed by atoms with Gasteiger partial charge in [-0.3, -0.25) is 0 Å². The first-order chi connectivity index (χ1) is 20.5. The number of rotatable bonds is 10. The Morgan fingerprint density at radius 1 is 1.02 bits per heavy atom. The van der Waals surface area contributed by atoms with Gasteiger partial charge in [-0.25, -0.2) is 0 Å². The Morgan fingerprint density at radius 2 is 1.72 bits per heavy atom. The standard InChI is InChI=1S/C30H50AsN7O5/c1-5-22-27(41)36-24(16-20-10-7-6-8-11-20)26(40)32-15-13-30(4,38-25(39)19(2)3)29(43)37-23(28(42)35-22)12-9-14-31-21-17-33-34-18-21/h17-20,22-24,31H,5-16H2,1-4H3,(H,32,40)(H,33,34)(H,35,42)(H,36,41)(H,37,43)(H,38,39)/t22-,23-,24+,30+/m0/s1. The van der Waals surface area contributed by atoms with E-state index >= 15 is 0 Å². The van der Waals surface area contributed by atoms with Gasteiger partial charge in [-0.2, -0.15) is 0 Å². The van der Waals surface area contributed by atoms with Crippen LogP contribution in [0, 0.1) is 11.8 Å². The second-order valence-corrected chi connectivity index (χ2v) is 15.4. The summed E-state index contributed by atoms with van der Waals surface area (Å²) in [6, 6.07) is -2.50. The number of H-pyrrole nitrogens is 1. The Bertz CT molecular complexity index is 1090. The molecule has 2 aliphatic rings. The van der Waals surface area contributed by atoms with E-state index in [1.807, 2.05) is 12.4 Å². The van der Waals surface area contributed by atoms with E-state index in [0.29, 0.717) is 31.6 Å². The van der Waals surface area contributed by atoms with Crippen LogP contribution in [-0.4, -0.2) is 85.7 Å². The van der Waals surface area contributed by atoms with Crippen LogP contribution in [0.25, 0.3) is 0 Å². The number of amides is 5. The van der Waals surface area contributed by atoms with Crippen LogP contribution in [0.2, 0.25) is 5.21 Å². The Labute approximate surface area is 261 Å². The first-order valence-electron chi connectivity index (χ1n) is 15.8. The molecule has 5 amide bonds. The molecule has 0 radical (unpaired) electrons. The zero-order valence-electron chi connectivity index (χ0n) is 26.0. The normalized spacial score (nSPS) is 26.9. The van der Waals surface area contributed by atoms with Crippen molar-refractivity contribution in [3.63, 3.8) is 0 Å². The monoisotopic (exact) mass is 663 g/mol. The number of nitrogens with one attached hydrogen (secondary N) is 6. The van der Waals surface area contributed by atoms with Crippen molar-refractivity contribution in [1.29, 1.82) is 0 Å². The van der Waals surface area contributed by atoms with E-state index in [1.165, 1.54) is 10.8 Å². The minimum atomic E-state index is -1.37. The molecular formula is C30H50AsN7O5. The third kappa shape index (κ3) is 10.7. The fourth-order valence-corrected chi connectivity index (χ4v) is 7.65. The molecule has 1 aromatic heterocycles. The molecule has 0 spiro atoms.